The maximum absolute atomic E-state index is 11.5. The minimum Gasteiger partial charge on any atom is -0.314 e. The molecule has 0 radical (unpaired) electrons. The summed E-state index contributed by atoms with van der Waals surface area (Å²) in [6, 6.07) is -0.00282. The van der Waals surface area contributed by atoms with E-state index in [1.54, 1.807) is 0 Å². The molecular formula is C11H23NO4S2. The second-order valence-corrected chi connectivity index (χ2v) is 9.63. The van der Waals surface area contributed by atoms with Crippen LogP contribution in [0.25, 0.3) is 0 Å². The van der Waals surface area contributed by atoms with Crippen LogP contribution in [0.5, 0.6) is 0 Å². The number of hydrogen-bond acceptors (Lipinski definition) is 5. The first kappa shape index (κ1) is 15.9. The highest BCUT2D eigenvalue weighted by Crippen LogP contribution is 2.23. The molecule has 0 amide bonds. The van der Waals surface area contributed by atoms with Crippen molar-refractivity contribution in [3.8, 4) is 0 Å². The van der Waals surface area contributed by atoms with Gasteiger partial charge in [0.1, 0.15) is 9.84 Å². The van der Waals surface area contributed by atoms with E-state index in [4.69, 9.17) is 0 Å². The Kier molecular flexibility index (Phi) is 5.61. The molecule has 18 heavy (non-hydrogen) atoms. The van der Waals surface area contributed by atoms with Crippen molar-refractivity contribution < 1.29 is 16.8 Å². The number of nitrogens with one attached hydrogen (secondary N) is 1. The molecule has 0 aromatic heterocycles. The van der Waals surface area contributed by atoms with E-state index in [1.807, 2.05) is 6.92 Å². The molecular weight excluding hydrogens is 274 g/mol. The highest BCUT2D eigenvalue weighted by atomic mass is 32.2. The zero-order chi connectivity index (χ0) is 13.8. The van der Waals surface area contributed by atoms with Crippen molar-refractivity contribution in [3.63, 3.8) is 0 Å². The average Bonchev–Trinajstić information content (AvgIpc) is 2.57. The molecule has 1 fully saturated rings. The quantitative estimate of drug-likeness (QED) is 0.727. The van der Waals surface area contributed by atoms with E-state index in [9.17, 15) is 16.8 Å². The predicted octanol–water partition coefficient (Wildman–Crippen LogP) is 0.224. The van der Waals surface area contributed by atoms with Gasteiger partial charge in [-0.05, 0) is 31.7 Å². The van der Waals surface area contributed by atoms with Crippen LogP contribution in [0, 0.1) is 5.92 Å². The van der Waals surface area contributed by atoms with Gasteiger partial charge in [-0.1, -0.05) is 6.92 Å². The molecule has 7 heteroatoms. The summed E-state index contributed by atoms with van der Waals surface area (Å²) in [5, 5.41) is 3.29. The molecule has 0 aromatic rings. The molecule has 1 rings (SSSR count). The Hall–Kier alpha value is -0.140. The zero-order valence-corrected chi connectivity index (χ0v) is 12.7. The van der Waals surface area contributed by atoms with Crippen LogP contribution in [0.15, 0.2) is 0 Å². The third kappa shape index (κ3) is 5.67. The molecule has 0 spiro atoms. The van der Waals surface area contributed by atoms with Gasteiger partial charge in [0.2, 0.25) is 0 Å². The molecule has 0 bridgehead atoms. The van der Waals surface area contributed by atoms with Gasteiger partial charge in [-0.25, -0.2) is 16.8 Å². The second kappa shape index (κ2) is 6.34. The second-order valence-electron chi connectivity index (χ2n) is 5.14. The van der Waals surface area contributed by atoms with Crippen LogP contribution in [0.3, 0.4) is 0 Å². The maximum Gasteiger partial charge on any atom is 0.150 e. The lowest BCUT2D eigenvalue weighted by molar-refractivity contribution is 0.372. The van der Waals surface area contributed by atoms with E-state index < -0.39 is 19.7 Å². The molecule has 1 aliphatic heterocycles. The van der Waals surface area contributed by atoms with Crippen molar-refractivity contribution in [3.05, 3.63) is 0 Å². The Bertz CT molecular complexity index is 455. The summed E-state index contributed by atoms with van der Waals surface area (Å²) in [5.74, 6) is 0.604. The Labute approximate surface area is 110 Å². The summed E-state index contributed by atoms with van der Waals surface area (Å²) in [6.45, 7) is 2.83. The van der Waals surface area contributed by atoms with Crippen LogP contribution in [0.4, 0.5) is 0 Å². The smallest absolute Gasteiger partial charge is 0.150 e. The Morgan fingerprint density at radius 1 is 1.39 bits per heavy atom. The third-order valence-electron chi connectivity index (χ3n) is 3.29. The number of hydrogen-bond donors (Lipinski definition) is 1. The Morgan fingerprint density at radius 2 is 2.06 bits per heavy atom. The largest absolute Gasteiger partial charge is 0.314 e. The van der Waals surface area contributed by atoms with Gasteiger partial charge in [0.15, 0.2) is 9.84 Å². The summed E-state index contributed by atoms with van der Waals surface area (Å²) in [7, 11) is -5.90. The summed E-state index contributed by atoms with van der Waals surface area (Å²) in [5.41, 5.74) is 0. The molecule has 108 valence electrons. The van der Waals surface area contributed by atoms with Crippen molar-refractivity contribution in [1.29, 1.82) is 0 Å². The standard InChI is InChI=1S/C11H23NO4S2/c1-3-6-12-11(5-7-17(2,13)14)10-4-8-18(15,16)9-10/h10-12H,3-9H2,1-2H3. The van der Waals surface area contributed by atoms with Crippen molar-refractivity contribution in [2.24, 2.45) is 5.92 Å². The van der Waals surface area contributed by atoms with Crippen LogP contribution < -0.4 is 5.32 Å². The van der Waals surface area contributed by atoms with Crippen LogP contribution in [-0.4, -0.2) is 52.9 Å². The van der Waals surface area contributed by atoms with Crippen LogP contribution in [-0.2, 0) is 19.7 Å². The molecule has 0 aliphatic carbocycles. The van der Waals surface area contributed by atoms with Gasteiger partial charge < -0.3 is 5.32 Å². The van der Waals surface area contributed by atoms with Crippen molar-refractivity contribution >= 4 is 19.7 Å². The normalized spacial score (nSPS) is 25.1. The lowest BCUT2D eigenvalue weighted by atomic mass is 9.97. The molecule has 2 atom stereocenters. The first-order valence-corrected chi connectivity index (χ1v) is 10.2. The Morgan fingerprint density at radius 3 is 2.50 bits per heavy atom. The maximum atomic E-state index is 11.5. The van der Waals surface area contributed by atoms with Gasteiger partial charge in [0.05, 0.1) is 17.3 Å². The lowest BCUT2D eigenvalue weighted by Crippen LogP contribution is -2.38. The summed E-state index contributed by atoms with van der Waals surface area (Å²) in [4.78, 5) is 0. The van der Waals surface area contributed by atoms with Crippen molar-refractivity contribution in [2.75, 3.05) is 30.1 Å². The fourth-order valence-electron chi connectivity index (χ4n) is 2.32. The third-order valence-corrected chi connectivity index (χ3v) is 6.06. The highest BCUT2D eigenvalue weighted by molar-refractivity contribution is 7.91. The van der Waals surface area contributed by atoms with Crippen LogP contribution >= 0.6 is 0 Å². The van der Waals surface area contributed by atoms with Crippen LogP contribution in [0.1, 0.15) is 26.2 Å². The highest BCUT2D eigenvalue weighted by Gasteiger charge is 2.33. The first-order valence-electron chi connectivity index (χ1n) is 6.35. The number of sulfone groups is 2. The molecule has 1 aliphatic rings. The van der Waals surface area contributed by atoms with Gasteiger partial charge in [-0.2, -0.15) is 0 Å². The van der Waals surface area contributed by atoms with Crippen LogP contribution in [0.2, 0.25) is 0 Å². The van der Waals surface area contributed by atoms with E-state index in [0.717, 1.165) is 13.0 Å². The van der Waals surface area contributed by atoms with E-state index >= 15 is 0 Å². The fourth-order valence-corrected chi connectivity index (χ4v) is 4.88. The average molecular weight is 297 g/mol. The molecule has 0 saturated carbocycles. The summed E-state index contributed by atoms with van der Waals surface area (Å²) < 4.78 is 45.4. The SMILES string of the molecule is CCCNC(CCS(C)(=O)=O)C1CCS(=O)(=O)C1. The van der Waals surface area contributed by atoms with Crippen molar-refractivity contribution in [2.45, 2.75) is 32.2 Å². The predicted molar refractivity (Wildman–Crippen MR) is 73.2 cm³/mol. The lowest BCUT2D eigenvalue weighted by Gasteiger charge is -2.23. The van der Waals surface area contributed by atoms with Crippen molar-refractivity contribution in [1.82, 2.24) is 5.32 Å². The molecule has 1 N–H and O–H groups in total. The molecule has 2 unspecified atom stereocenters. The topological polar surface area (TPSA) is 80.3 Å². The molecule has 1 heterocycles. The van der Waals surface area contributed by atoms with E-state index in [2.05, 4.69) is 5.32 Å². The van der Waals surface area contributed by atoms with E-state index in [0.29, 0.717) is 12.8 Å². The van der Waals surface area contributed by atoms with Gasteiger partial charge in [-0.15, -0.1) is 0 Å². The Balaban J connectivity index is 2.61. The van der Waals surface area contributed by atoms with Gasteiger partial charge in [0.25, 0.3) is 0 Å². The summed E-state index contributed by atoms with van der Waals surface area (Å²) in [6.07, 6.45) is 3.32. The molecule has 5 nitrogen and oxygen atoms in total. The first-order chi connectivity index (χ1) is 8.23. The van der Waals surface area contributed by atoms with Gasteiger partial charge in [0, 0.05) is 12.3 Å². The number of rotatable bonds is 7. The minimum atomic E-state index is -2.99. The molecule has 0 aromatic carbocycles. The fraction of sp³-hybridized carbons (Fsp3) is 1.00. The minimum absolute atomic E-state index is 0.00282. The monoisotopic (exact) mass is 297 g/mol. The van der Waals surface area contributed by atoms with E-state index in [1.165, 1.54) is 6.26 Å². The summed E-state index contributed by atoms with van der Waals surface area (Å²) >= 11 is 0. The van der Waals surface area contributed by atoms with Gasteiger partial charge >= 0.3 is 0 Å². The van der Waals surface area contributed by atoms with E-state index in [-0.39, 0.29) is 29.2 Å². The molecule has 1 saturated heterocycles. The zero-order valence-electron chi connectivity index (χ0n) is 11.1. The van der Waals surface area contributed by atoms with Gasteiger partial charge in [-0.3, -0.25) is 0 Å².